The van der Waals surface area contributed by atoms with Crippen molar-refractivity contribution in [2.75, 3.05) is 33.5 Å². The van der Waals surface area contributed by atoms with Gasteiger partial charge in [0.1, 0.15) is 11.4 Å². The highest BCUT2D eigenvalue weighted by molar-refractivity contribution is 9.10. The average molecular weight is 595 g/mol. The van der Waals surface area contributed by atoms with E-state index in [0.29, 0.717) is 43.2 Å². The summed E-state index contributed by atoms with van der Waals surface area (Å²) in [5.74, 6) is -1.31. The lowest BCUT2D eigenvalue weighted by atomic mass is 9.91. The van der Waals surface area contributed by atoms with E-state index in [1.54, 1.807) is 53.9 Å². The molecule has 1 aromatic carbocycles. The number of methoxy groups -OCH3 is 1. The summed E-state index contributed by atoms with van der Waals surface area (Å²) >= 11 is 9.82. The van der Waals surface area contributed by atoms with E-state index in [2.05, 4.69) is 21.2 Å². The average Bonchev–Trinajstić information content (AvgIpc) is 2.77. The van der Waals surface area contributed by atoms with Crippen LogP contribution in [0.3, 0.4) is 0 Å². The fourth-order valence-electron chi connectivity index (χ4n) is 3.24. The van der Waals surface area contributed by atoms with Crippen molar-refractivity contribution in [1.29, 1.82) is 0 Å². The molecule has 1 rings (SSSR count). The number of amides is 1. The normalized spacial score (nSPS) is 11.6. The third kappa shape index (κ3) is 10.1. The Hall–Kier alpha value is -2.04. The van der Waals surface area contributed by atoms with Crippen LogP contribution in [0, 0.1) is 0 Å². The van der Waals surface area contributed by atoms with Crippen molar-refractivity contribution in [2.45, 2.75) is 71.4 Å². The molecule has 1 N–H and O–H groups in total. The van der Waals surface area contributed by atoms with Gasteiger partial charge in [0.15, 0.2) is 0 Å². The van der Waals surface area contributed by atoms with Gasteiger partial charge >= 0.3 is 18.0 Å². The third-order valence-corrected chi connectivity index (χ3v) is 5.84. The molecule has 0 saturated heterocycles. The Kier molecular flexibility index (Phi) is 13.6. The highest BCUT2D eigenvalue weighted by Gasteiger charge is 2.50. The minimum atomic E-state index is -2.06. The number of alkyl carbamates (subject to hydrolysis) is 1. The Balaban J connectivity index is 3.16. The first-order chi connectivity index (χ1) is 16.9. The number of ether oxygens (including phenoxy) is 5. The molecule has 9 nitrogen and oxygen atoms in total. The Morgan fingerprint density at radius 3 is 2.14 bits per heavy atom. The summed E-state index contributed by atoms with van der Waals surface area (Å²) in [4.78, 5) is 38.6. The van der Waals surface area contributed by atoms with Crippen LogP contribution in [0.5, 0.6) is 5.75 Å². The van der Waals surface area contributed by atoms with E-state index in [0.717, 1.165) is 10.0 Å². The highest BCUT2D eigenvalue weighted by atomic mass is 79.9. The predicted octanol–water partition coefficient (Wildman–Crippen LogP) is 5.23. The van der Waals surface area contributed by atoms with Crippen molar-refractivity contribution >= 4 is 45.6 Å². The topological polar surface area (TPSA) is 109 Å². The van der Waals surface area contributed by atoms with Gasteiger partial charge in [0.2, 0.25) is 5.54 Å². The molecule has 0 atom stereocenters. The number of halogens is 2. The molecule has 0 heterocycles. The van der Waals surface area contributed by atoms with Gasteiger partial charge in [-0.3, -0.25) is 5.32 Å². The number of esters is 2. The molecule has 0 aliphatic heterocycles. The smallest absolute Gasteiger partial charge is 0.409 e. The summed E-state index contributed by atoms with van der Waals surface area (Å²) in [7, 11) is 1.62. The fourth-order valence-corrected chi connectivity index (χ4v) is 4.13. The zero-order chi connectivity index (χ0) is 27.4. The van der Waals surface area contributed by atoms with Crippen LogP contribution in [-0.2, 0) is 35.0 Å². The van der Waals surface area contributed by atoms with Crippen molar-refractivity contribution in [3.8, 4) is 5.75 Å². The summed E-state index contributed by atoms with van der Waals surface area (Å²) in [6.45, 7) is 9.28. The van der Waals surface area contributed by atoms with Crippen molar-refractivity contribution in [1.82, 2.24) is 5.32 Å². The first kappa shape index (κ1) is 32.0. The van der Waals surface area contributed by atoms with E-state index in [1.165, 1.54) is 0 Å². The van der Waals surface area contributed by atoms with Crippen molar-refractivity contribution in [3.05, 3.63) is 27.2 Å². The summed E-state index contributed by atoms with van der Waals surface area (Å²) in [5, 5.41) is 2.88. The number of aryl methyl sites for hydroxylation is 1. The van der Waals surface area contributed by atoms with Crippen molar-refractivity contribution in [2.24, 2.45) is 0 Å². The number of benzene rings is 1. The zero-order valence-corrected chi connectivity index (χ0v) is 24.2. The molecular formula is C25H37BrClNO8. The van der Waals surface area contributed by atoms with Gasteiger partial charge in [0.05, 0.1) is 24.8 Å². The number of hydrogen-bond acceptors (Lipinski definition) is 8. The molecule has 0 bridgehead atoms. The largest absolute Gasteiger partial charge is 0.492 e. The van der Waals surface area contributed by atoms with Crippen LogP contribution >= 0.6 is 27.5 Å². The van der Waals surface area contributed by atoms with Gasteiger partial charge in [0, 0.05) is 24.6 Å². The molecule has 0 radical (unpaired) electrons. The maximum Gasteiger partial charge on any atom is 0.409 e. The van der Waals surface area contributed by atoms with Gasteiger partial charge < -0.3 is 23.7 Å². The Morgan fingerprint density at radius 2 is 1.61 bits per heavy atom. The van der Waals surface area contributed by atoms with Crippen LogP contribution < -0.4 is 10.1 Å². The van der Waals surface area contributed by atoms with Crippen LogP contribution in [0.4, 0.5) is 4.79 Å². The molecule has 0 fully saturated rings. The molecule has 1 aromatic rings. The fraction of sp³-hybridized carbons (Fsp3) is 0.640. The van der Waals surface area contributed by atoms with Gasteiger partial charge in [0.25, 0.3) is 0 Å². The summed E-state index contributed by atoms with van der Waals surface area (Å²) in [5.41, 5.74) is -2.06. The molecule has 0 aliphatic carbocycles. The predicted molar refractivity (Wildman–Crippen MR) is 139 cm³/mol. The molecule has 0 aliphatic rings. The molecule has 0 aromatic heterocycles. The second-order valence-electron chi connectivity index (χ2n) is 8.90. The minimum absolute atomic E-state index is 0.0164. The Labute approximate surface area is 226 Å². The van der Waals surface area contributed by atoms with Gasteiger partial charge in [-0.15, -0.1) is 0 Å². The van der Waals surface area contributed by atoms with Crippen LogP contribution in [0.25, 0.3) is 0 Å². The van der Waals surface area contributed by atoms with E-state index >= 15 is 0 Å². The van der Waals surface area contributed by atoms with Crippen molar-refractivity contribution in [3.63, 3.8) is 0 Å². The monoisotopic (exact) mass is 593 g/mol. The number of hydrogen-bond donors (Lipinski definition) is 1. The maximum absolute atomic E-state index is 13.0. The number of nitrogens with one attached hydrogen (secondary N) is 1. The van der Waals surface area contributed by atoms with E-state index in [-0.39, 0.29) is 19.6 Å². The molecule has 204 valence electrons. The van der Waals surface area contributed by atoms with E-state index in [4.69, 9.17) is 35.3 Å². The summed E-state index contributed by atoms with van der Waals surface area (Å²) in [6.07, 6.45) is 0.446. The number of carbonyl (C=O) groups excluding carboxylic acids is 3. The summed E-state index contributed by atoms with van der Waals surface area (Å²) in [6, 6.07) is 3.53. The van der Waals surface area contributed by atoms with Crippen LogP contribution in [0.15, 0.2) is 16.6 Å². The summed E-state index contributed by atoms with van der Waals surface area (Å²) < 4.78 is 27.2. The van der Waals surface area contributed by atoms with Crippen LogP contribution in [0.2, 0.25) is 5.02 Å². The molecule has 36 heavy (non-hydrogen) atoms. The van der Waals surface area contributed by atoms with Gasteiger partial charge in [-0.05, 0) is 71.6 Å². The zero-order valence-electron chi connectivity index (χ0n) is 21.8. The third-order valence-electron chi connectivity index (χ3n) is 4.81. The maximum atomic E-state index is 13.0. The van der Waals surface area contributed by atoms with E-state index < -0.39 is 29.2 Å². The second kappa shape index (κ2) is 15.3. The lowest BCUT2D eigenvalue weighted by Gasteiger charge is -2.31. The minimum Gasteiger partial charge on any atom is -0.492 e. The second-order valence-corrected chi connectivity index (χ2v) is 10.2. The SMILES string of the molecule is CCOC(=O)C(CCCc1cc(OCCCOC)c(Cl)cc1Br)(NC(=O)OC(C)(C)C)C(=O)OCC. The first-order valence-corrected chi connectivity index (χ1v) is 13.0. The van der Waals surface area contributed by atoms with Crippen LogP contribution in [-0.4, -0.2) is 62.7 Å². The highest BCUT2D eigenvalue weighted by Crippen LogP contribution is 2.33. The molecule has 1 amide bonds. The molecule has 0 unspecified atom stereocenters. The molecule has 0 spiro atoms. The van der Waals surface area contributed by atoms with Gasteiger partial charge in [-0.1, -0.05) is 27.5 Å². The number of carbonyl (C=O) groups is 3. The lowest BCUT2D eigenvalue weighted by molar-refractivity contribution is -0.166. The van der Waals surface area contributed by atoms with E-state index in [1.807, 2.05) is 0 Å². The number of rotatable bonds is 14. The van der Waals surface area contributed by atoms with Crippen LogP contribution in [0.1, 0.15) is 59.4 Å². The Bertz CT molecular complexity index is 870. The molecular weight excluding hydrogens is 558 g/mol. The first-order valence-electron chi connectivity index (χ1n) is 11.8. The Morgan fingerprint density at radius 1 is 1.00 bits per heavy atom. The van der Waals surface area contributed by atoms with Gasteiger partial charge in [-0.2, -0.15) is 0 Å². The standard InChI is InChI=1S/C25H37BrClNO8/c1-7-33-21(29)25(22(30)34-8-2,28-23(31)36-24(3,4)5)12-9-11-17-15-20(19(27)16-18(17)26)35-14-10-13-32-6/h15-16H,7-14H2,1-6H3,(H,28,31). The lowest BCUT2D eigenvalue weighted by Crippen LogP contribution is -2.62. The quantitative estimate of drug-likeness (QED) is 0.135. The van der Waals surface area contributed by atoms with Gasteiger partial charge in [-0.25, -0.2) is 14.4 Å². The van der Waals surface area contributed by atoms with Crippen molar-refractivity contribution < 1.29 is 38.1 Å². The molecule has 11 heteroatoms. The van der Waals surface area contributed by atoms with E-state index in [9.17, 15) is 14.4 Å². The molecule has 0 saturated carbocycles.